The van der Waals surface area contributed by atoms with E-state index >= 15 is 0 Å². The Morgan fingerprint density at radius 3 is 2.79 bits per heavy atom. The number of nitrogens with one attached hydrogen (secondary N) is 1. The summed E-state index contributed by atoms with van der Waals surface area (Å²) < 4.78 is 13.6. The number of rotatable bonds is 5. The van der Waals surface area contributed by atoms with E-state index in [1.54, 1.807) is 6.07 Å². The molecule has 1 aromatic carbocycles. The quantitative estimate of drug-likeness (QED) is 0.858. The lowest BCUT2D eigenvalue weighted by Gasteiger charge is -2.33. The van der Waals surface area contributed by atoms with Gasteiger partial charge in [-0.25, -0.2) is 4.39 Å². The average molecular weight is 265 g/mol. The number of benzene rings is 1. The molecule has 0 amide bonds. The van der Waals surface area contributed by atoms with E-state index < -0.39 is 0 Å². The van der Waals surface area contributed by atoms with Gasteiger partial charge >= 0.3 is 0 Å². The zero-order valence-corrected chi connectivity index (χ0v) is 11.6. The van der Waals surface area contributed by atoms with Crippen LogP contribution in [0.25, 0.3) is 0 Å². The molecule has 19 heavy (non-hydrogen) atoms. The van der Waals surface area contributed by atoms with E-state index in [1.807, 2.05) is 12.1 Å². The molecule has 0 heterocycles. The highest BCUT2D eigenvalue weighted by molar-refractivity contribution is 5.18. The van der Waals surface area contributed by atoms with Crippen LogP contribution in [0.1, 0.15) is 38.2 Å². The van der Waals surface area contributed by atoms with Gasteiger partial charge in [-0.05, 0) is 43.7 Å². The standard InChI is InChI=1S/C16H24FNO/c1-12(10-13-6-2-4-8-15(13)17)18-16-9-5-3-7-14(16)11-19/h2,4,6,8,12,14,16,18-19H,3,5,7,9-11H2,1H3. The number of halogens is 1. The SMILES string of the molecule is CC(Cc1ccccc1F)NC1CCCCC1CO. The van der Waals surface area contributed by atoms with E-state index in [9.17, 15) is 9.50 Å². The van der Waals surface area contributed by atoms with Crippen molar-refractivity contribution in [3.8, 4) is 0 Å². The van der Waals surface area contributed by atoms with Gasteiger partial charge in [-0.1, -0.05) is 31.0 Å². The Morgan fingerprint density at radius 2 is 2.05 bits per heavy atom. The second-order valence-electron chi connectivity index (χ2n) is 5.70. The average Bonchev–Trinajstić information content (AvgIpc) is 2.42. The Kier molecular flexibility index (Phi) is 5.34. The molecule has 1 fully saturated rings. The van der Waals surface area contributed by atoms with Crippen LogP contribution in [0.4, 0.5) is 4.39 Å². The largest absolute Gasteiger partial charge is 0.396 e. The topological polar surface area (TPSA) is 32.3 Å². The monoisotopic (exact) mass is 265 g/mol. The lowest BCUT2D eigenvalue weighted by Crippen LogP contribution is -2.45. The molecule has 1 saturated carbocycles. The summed E-state index contributed by atoms with van der Waals surface area (Å²) >= 11 is 0. The first-order chi connectivity index (χ1) is 9.20. The molecule has 2 nitrogen and oxygen atoms in total. The molecule has 3 unspecified atom stereocenters. The van der Waals surface area contributed by atoms with Gasteiger partial charge in [0.25, 0.3) is 0 Å². The fourth-order valence-electron chi connectivity index (χ4n) is 3.06. The minimum absolute atomic E-state index is 0.126. The first kappa shape index (κ1) is 14.5. The van der Waals surface area contributed by atoms with Gasteiger partial charge in [0.05, 0.1) is 0 Å². The van der Waals surface area contributed by atoms with Crippen LogP contribution in [0.3, 0.4) is 0 Å². The predicted octanol–water partition coefficient (Wildman–Crippen LogP) is 2.90. The van der Waals surface area contributed by atoms with Gasteiger partial charge in [0.2, 0.25) is 0 Å². The predicted molar refractivity (Wildman–Crippen MR) is 75.5 cm³/mol. The molecule has 1 aliphatic rings. The van der Waals surface area contributed by atoms with Crippen molar-refractivity contribution in [2.75, 3.05) is 6.61 Å². The zero-order chi connectivity index (χ0) is 13.7. The van der Waals surface area contributed by atoms with Crippen LogP contribution in [0, 0.1) is 11.7 Å². The van der Waals surface area contributed by atoms with Crippen LogP contribution >= 0.6 is 0 Å². The van der Waals surface area contributed by atoms with Crippen molar-refractivity contribution in [2.24, 2.45) is 5.92 Å². The van der Waals surface area contributed by atoms with Crippen LogP contribution in [0.5, 0.6) is 0 Å². The summed E-state index contributed by atoms with van der Waals surface area (Å²) in [6, 6.07) is 7.56. The third kappa shape index (κ3) is 4.02. The molecule has 0 saturated heterocycles. The van der Waals surface area contributed by atoms with E-state index in [0.29, 0.717) is 18.4 Å². The summed E-state index contributed by atoms with van der Waals surface area (Å²) in [4.78, 5) is 0. The fraction of sp³-hybridized carbons (Fsp3) is 0.625. The van der Waals surface area contributed by atoms with Gasteiger partial charge in [0, 0.05) is 18.7 Å². The Balaban J connectivity index is 1.90. The fourth-order valence-corrected chi connectivity index (χ4v) is 3.06. The van der Waals surface area contributed by atoms with Crippen molar-refractivity contribution in [1.82, 2.24) is 5.32 Å². The molecule has 0 aromatic heterocycles. The molecule has 3 atom stereocenters. The first-order valence-electron chi connectivity index (χ1n) is 7.31. The molecule has 0 aliphatic heterocycles. The van der Waals surface area contributed by atoms with Crippen molar-refractivity contribution in [3.63, 3.8) is 0 Å². The van der Waals surface area contributed by atoms with Crippen LogP contribution in [-0.2, 0) is 6.42 Å². The van der Waals surface area contributed by atoms with Crippen molar-refractivity contribution in [1.29, 1.82) is 0 Å². The summed E-state index contributed by atoms with van der Waals surface area (Å²) in [5, 5.41) is 13.0. The summed E-state index contributed by atoms with van der Waals surface area (Å²) in [5.41, 5.74) is 0.763. The smallest absolute Gasteiger partial charge is 0.126 e. The maximum absolute atomic E-state index is 13.6. The van der Waals surface area contributed by atoms with E-state index in [0.717, 1.165) is 18.4 Å². The number of hydrogen-bond donors (Lipinski definition) is 2. The zero-order valence-electron chi connectivity index (χ0n) is 11.6. The van der Waals surface area contributed by atoms with Gasteiger partial charge in [-0.3, -0.25) is 0 Å². The van der Waals surface area contributed by atoms with Gasteiger partial charge in [-0.15, -0.1) is 0 Å². The van der Waals surface area contributed by atoms with Crippen molar-refractivity contribution in [3.05, 3.63) is 35.6 Å². The molecule has 2 N–H and O–H groups in total. The van der Waals surface area contributed by atoms with E-state index in [1.165, 1.54) is 18.9 Å². The van der Waals surface area contributed by atoms with Gasteiger partial charge in [-0.2, -0.15) is 0 Å². The van der Waals surface area contributed by atoms with Crippen molar-refractivity contribution in [2.45, 2.75) is 51.1 Å². The second kappa shape index (κ2) is 7.01. The molecule has 2 rings (SSSR count). The summed E-state index contributed by atoms with van der Waals surface area (Å²) in [6.45, 7) is 2.35. The van der Waals surface area contributed by atoms with Gasteiger partial charge in [0.1, 0.15) is 5.82 Å². The molecule has 0 radical (unpaired) electrons. The molecular formula is C16H24FNO. The van der Waals surface area contributed by atoms with Gasteiger partial charge in [0.15, 0.2) is 0 Å². The highest BCUT2D eigenvalue weighted by atomic mass is 19.1. The minimum atomic E-state index is -0.126. The molecular weight excluding hydrogens is 241 g/mol. The maximum Gasteiger partial charge on any atom is 0.126 e. The summed E-state index contributed by atoms with van der Waals surface area (Å²) in [7, 11) is 0. The Labute approximate surface area is 115 Å². The second-order valence-corrected chi connectivity index (χ2v) is 5.70. The van der Waals surface area contributed by atoms with E-state index in [-0.39, 0.29) is 18.5 Å². The highest BCUT2D eigenvalue weighted by Crippen LogP contribution is 2.24. The molecule has 1 aromatic rings. The summed E-state index contributed by atoms with van der Waals surface area (Å²) in [5.74, 6) is 0.232. The maximum atomic E-state index is 13.6. The third-order valence-electron chi connectivity index (χ3n) is 4.13. The van der Waals surface area contributed by atoms with Crippen LogP contribution in [-0.4, -0.2) is 23.8 Å². The summed E-state index contributed by atoms with van der Waals surface area (Å²) in [6.07, 6.45) is 5.35. The minimum Gasteiger partial charge on any atom is -0.396 e. The van der Waals surface area contributed by atoms with Crippen molar-refractivity contribution >= 4 is 0 Å². The van der Waals surface area contributed by atoms with Crippen LogP contribution in [0.2, 0.25) is 0 Å². The molecule has 1 aliphatic carbocycles. The number of aliphatic hydroxyl groups is 1. The van der Waals surface area contributed by atoms with Gasteiger partial charge < -0.3 is 10.4 Å². The molecule has 3 heteroatoms. The highest BCUT2D eigenvalue weighted by Gasteiger charge is 2.25. The lowest BCUT2D eigenvalue weighted by molar-refractivity contribution is 0.147. The Morgan fingerprint density at radius 1 is 1.32 bits per heavy atom. The Hall–Kier alpha value is -0.930. The number of aliphatic hydroxyl groups excluding tert-OH is 1. The normalized spacial score (nSPS) is 25.2. The third-order valence-corrected chi connectivity index (χ3v) is 4.13. The van der Waals surface area contributed by atoms with Crippen LogP contribution in [0.15, 0.2) is 24.3 Å². The number of hydrogen-bond acceptors (Lipinski definition) is 2. The van der Waals surface area contributed by atoms with E-state index in [2.05, 4.69) is 12.2 Å². The molecule has 0 spiro atoms. The Bertz CT molecular complexity index is 396. The molecule has 106 valence electrons. The van der Waals surface area contributed by atoms with Crippen molar-refractivity contribution < 1.29 is 9.50 Å². The van der Waals surface area contributed by atoms with Crippen LogP contribution < -0.4 is 5.32 Å². The lowest BCUT2D eigenvalue weighted by atomic mass is 9.84. The van der Waals surface area contributed by atoms with E-state index in [4.69, 9.17) is 0 Å². The first-order valence-corrected chi connectivity index (χ1v) is 7.31. The molecule has 0 bridgehead atoms.